The van der Waals surface area contributed by atoms with Gasteiger partial charge in [0.15, 0.2) is 5.75 Å². The lowest BCUT2D eigenvalue weighted by Gasteiger charge is -2.26. The summed E-state index contributed by atoms with van der Waals surface area (Å²) in [6, 6.07) is 3.08. The number of methoxy groups -OCH3 is 1. The first kappa shape index (κ1) is 25.4. The predicted octanol–water partition coefficient (Wildman–Crippen LogP) is 2.89. The molecule has 0 radical (unpaired) electrons. The van der Waals surface area contributed by atoms with Gasteiger partial charge in [-0.2, -0.15) is 13.9 Å². The molecule has 11 nitrogen and oxygen atoms in total. The number of alkyl halides is 2. The number of carbonyl (C=O) groups excluding carboxylic acids is 1. The van der Waals surface area contributed by atoms with Crippen molar-refractivity contribution in [3.8, 4) is 17.0 Å². The molecule has 1 aliphatic rings. The first-order valence-electron chi connectivity index (χ1n) is 11.4. The second-order valence-electron chi connectivity index (χ2n) is 8.37. The normalized spacial score (nSPS) is 14.5. The van der Waals surface area contributed by atoms with Crippen molar-refractivity contribution in [1.29, 1.82) is 0 Å². The molecule has 36 heavy (non-hydrogen) atoms. The van der Waals surface area contributed by atoms with Gasteiger partial charge in [-0.1, -0.05) is 0 Å². The number of hydrogen-bond donors (Lipinski definition) is 2. The summed E-state index contributed by atoms with van der Waals surface area (Å²) in [5.41, 5.74) is 1.25. The molecular formula is C23H28F2N8O3. The van der Waals surface area contributed by atoms with Gasteiger partial charge in [0.2, 0.25) is 11.7 Å². The number of ether oxygens (including phenoxy) is 2. The van der Waals surface area contributed by atoms with E-state index in [-0.39, 0.29) is 23.2 Å². The highest BCUT2D eigenvalue weighted by molar-refractivity contribution is 5.88. The van der Waals surface area contributed by atoms with Crippen LogP contribution in [-0.4, -0.2) is 75.5 Å². The Labute approximate surface area is 206 Å². The van der Waals surface area contributed by atoms with Gasteiger partial charge in [-0.3, -0.25) is 14.4 Å². The minimum atomic E-state index is -3.28. The van der Waals surface area contributed by atoms with Gasteiger partial charge in [0.25, 0.3) is 0 Å². The van der Waals surface area contributed by atoms with Crippen LogP contribution in [0.3, 0.4) is 0 Å². The lowest BCUT2D eigenvalue weighted by molar-refractivity contribution is -0.114. The SMILES string of the molecule is COc1cnc(NC(C)=O)cc1Nc1cc(-c2cnn(CCN3CCOCC3)c2)nc(C(C)(F)F)n1. The van der Waals surface area contributed by atoms with Crippen LogP contribution in [0.1, 0.15) is 19.7 Å². The molecule has 0 bridgehead atoms. The molecule has 1 fully saturated rings. The number of carbonyl (C=O) groups is 1. The van der Waals surface area contributed by atoms with Crippen LogP contribution in [0.5, 0.6) is 5.75 Å². The molecule has 13 heteroatoms. The Balaban J connectivity index is 1.60. The molecule has 1 saturated heterocycles. The van der Waals surface area contributed by atoms with E-state index in [1.54, 1.807) is 23.1 Å². The first-order valence-corrected chi connectivity index (χ1v) is 11.4. The molecule has 0 spiro atoms. The third-order valence-electron chi connectivity index (χ3n) is 5.45. The zero-order valence-electron chi connectivity index (χ0n) is 20.3. The summed E-state index contributed by atoms with van der Waals surface area (Å²) in [5, 5.41) is 9.93. The lowest BCUT2D eigenvalue weighted by Crippen LogP contribution is -2.38. The molecule has 0 saturated carbocycles. The third kappa shape index (κ3) is 6.49. The quantitative estimate of drug-likeness (QED) is 0.455. The molecule has 0 aliphatic carbocycles. The number of nitrogens with zero attached hydrogens (tertiary/aromatic N) is 6. The molecular weight excluding hydrogens is 474 g/mol. The summed E-state index contributed by atoms with van der Waals surface area (Å²) in [5.74, 6) is -3.49. The fourth-order valence-corrected chi connectivity index (χ4v) is 3.63. The fraction of sp³-hybridized carbons (Fsp3) is 0.435. The second kappa shape index (κ2) is 10.9. The zero-order chi connectivity index (χ0) is 25.7. The van der Waals surface area contributed by atoms with E-state index in [1.165, 1.54) is 26.3 Å². The topological polar surface area (TPSA) is 119 Å². The Hall–Kier alpha value is -3.71. The van der Waals surface area contributed by atoms with Crippen LogP contribution in [0.15, 0.2) is 30.7 Å². The predicted molar refractivity (Wildman–Crippen MR) is 128 cm³/mol. The van der Waals surface area contributed by atoms with Gasteiger partial charge >= 0.3 is 5.92 Å². The standard InChI is InChI=1S/C23H28F2N8O3/c1-15(34)28-20-11-18(19(35-3)13-26-20)29-21-10-17(30-22(31-21)23(2,24)25)16-12-27-33(14-16)5-4-32-6-8-36-9-7-32/h10-14H,4-9H2,1-3H3,(H2,26,28,29,30,31,34). The summed E-state index contributed by atoms with van der Waals surface area (Å²) in [6.07, 6.45) is 4.76. The van der Waals surface area contributed by atoms with Crippen LogP contribution in [0.2, 0.25) is 0 Å². The Morgan fingerprint density at radius 2 is 1.94 bits per heavy atom. The lowest BCUT2D eigenvalue weighted by atomic mass is 10.2. The van der Waals surface area contributed by atoms with E-state index >= 15 is 0 Å². The number of pyridine rings is 1. The molecule has 0 atom stereocenters. The van der Waals surface area contributed by atoms with Crippen LogP contribution in [0.25, 0.3) is 11.3 Å². The van der Waals surface area contributed by atoms with E-state index in [2.05, 4.69) is 35.6 Å². The minimum absolute atomic E-state index is 0.121. The average molecular weight is 503 g/mol. The number of halogens is 2. The van der Waals surface area contributed by atoms with Crippen LogP contribution < -0.4 is 15.4 Å². The van der Waals surface area contributed by atoms with E-state index < -0.39 is 11.7 Å². The number of nitrogens with one attached hydrogen (secondary N) is 2. The summed E-state index contributed by atoms with van der Waals surface area (Å²) in [4.78, 5) is 25.9. The van der Waals surface area contributed by atoms with Crippen molar-refractivity contribution < 1.29 is 23.0 Å². The number of amides is 1. The van der Waals surface area contributed by atoms with Gasteiger partial charge in [0, 0.05) is 57.4 Å². The first-order chi connectivity index (χ1) is 17.2. The highest BCUT2D eigenvalue weighted by atomic mass is 19.3. The van der Waals surface area contributed by atoms with E-state index in [0.29, 0.717) is 36.8 Å². The summed E-state index contributed by atoms with van der Waals surface area (Å²) >= 11 is 0. The van der Waals surface area contributed by atoms with E-state index in [1.807, 2.05) is 0 Å². The molecule has 2 N–H and O–H groups in total. The summed E-state index contributed by atoms with van der Waals surface area (Å²) in [7, 11) is 1.45. The van der Waals surface area contributed by atoms with Gasteiger partial charge in [0.1, 0.15) is 11.6 Å². The maximum atomic E-state index is 14.3. The third-order valence-corrected chi connectivity index (χ3v) is 5.45. The molecule has 1 amide bonds. The van der Waals surface area contributed by atoms with Crippen molar-refractivity contribution in [3.63, 3.8) is 0 Å². The van der Waals surface area contributed by atoms with Gasteiger partial charge in [0.05, 0.1) is 50.6 Å². The molecule has 0 aromatic carbocycles. The van der Waals surface area contributed by atoms with Crippen LogP contribution in [0.4, 0.5) is 26.1 Å². The Morgan fingerprint density at radius 1 is 1.17 bits per heavy atom. The Kier molecular flexibility index (Phi) is 7.70. The molecule has 3 aromatic heterocycles. The number of aromatic nitrogens is 5. The molecule has 0 unspecified atom stereocenters. The number of morpholine rings is 1. The molecule has 192 valence electrons. The highest BCUT2D eigenvalue weighted by Gasteiger charge is 2.30. The fourth-order valence-electron chi connectivity index (χ4n) is 3.63. The van der Waals surface area contributed by atoms with Crippen molar-refractivity contribution in [1.82, 2.24) is 29.6 Å². The molecule has 3 aromatic rings. The average Bonchev–Trinajstić information content (AvgIpc) is 3.32. The molecule has 1 aliphatic heterocycles. The van der Waals surface area contributed by atoms with Gasteiger partial charge < -0.3 is 20.1 Å². The smallest absolute Gasteiger partial charge is 0.303 e. The van der Waals surface area contributed by atoms with Crippen molar-refractivity contribution in [2.45, 2.75) is 26.3 Å². The van der Waals surface area contributed by atoms with Crippen LogP contribution >= 0.6 is 0 Å². The van der Waals surface area contributed by atoms with Gasteiger partial charge in [-0.05, 0) is 0 Å². The second-order valence-corrected chi connectivity index (χ2v) is 8.37. The van der Waals surface area contributed by atoms with Gasteiger partial charge in [-0.25, -0.2) is 15.0 Å². The summed E-state index contributed by atoms with van der Waals surface area (Å²) < 4.78 is 41.0. The molecule has 4 heterocycles. The maximum Gasteiger partial charge on any atom is 0.303 e. The summed E-state index contributed by atoms with van der Waals surface area (Å²) in [6.45, 7) is 6.70. The van der Waals surface area contributed by atoms with E-state index in [4.69, 9.17) is 9.47 Å². The number of hydrogen-bond acceptors (Lipinski definition) is 9. The molecule has 4 rings (SSSR count). The van der Waals surface area contributed by atoms with Crippen molar-refractivity contribution in [2.24, 2.45) is 0 Å². The largest absolute Gasteiger partial charge is 0.493 e. The minimum Gasteiger partial charge on any atom is -0.493 e. The van der Waals surface area contributed by atoms with Crippen molar-refractivity contribution in [3.05, 3.63) is 36.5 Å². The van der Waals surface area contributed by atoms with Crippen molar-refractivity contribution >= 4 is 23.2 Å². The van der Waals surface area contributed by atoms with E-state index in [9.17, 15) is 13.6 Å². The van der Waals surface area contributed by atoms with Gasteiger partial charge in [-0.15, -0.1) is 0 Å². The number of rotatable bonds is 9. The monoisotopic (exact) mass is 502 g/mol. The Morgan fingerprint density at radius 3 is 2.64 bits per heavy atom. The van der Waals surface area contributed by atoms with Crippen LogP contribution in [-0.2, 0) is 22.0 Å². The Bertz CT molecular complexity index is 1210. The number of anilines is 3. The van der Waals surface area contributed by atoms with E-state index in [0.717, 1.165) is 26.6 Å². The highest BCUT2D eigenvalue weighted by Crippen LogP contribution is 2.32. The van der Waals surface area contributed by atoms with Crippen molar-refractivity contribution in [2.75, 3.05) is 50.6 Å². The van der Waals surface area contributed by atoms with Crippen LogP contribution in [0, 0.1) is 0 Å². The zero-order valence-corrected chi connectivity index (χ0v) is 20.3. The maximum absolute atomic E-state index is 14.3.